The van der Waals surface area contributed by atoms with Crippen molar-refractivity contribution in [2.24, 2.45) is 5.92 Å². The molecule has 0 N–H and O–H groups in total. The zero-order chi connectivity index (χ0) is 14.0. The Morgan fingerprint density at radius 3 is 2.00 bits per heavy atom. The van der Waals surface area contributed by atoms with Crippen molar-refractivity contribution in [3.05, 3.63) is 21.7 Å². The number of halogens is 2. The van der Waals surface area contributed by atoms with Crippen LogP contribution in [0.1, 0.15) is 76.1 Å². The Hall–Kier alpha value is -0.340. The van der Waals surface area contributed by atoms with E-state index in [0.717, 1.165) is 30.1 Å². The van der Waals surface area contributed by atoms with Gasteiger partial charge < -0.3 is 0 Å². The molecule has 1 fully saturated rings. The predicted molar refractivity (Wildman–Crippen MR) is 81.1 cm³/mol. The van der Waals surface area contributed by atoms with Crippen molar-refractivity contribution in [2.75, 3.05) is 0 Å². The lowest BCUT2D eigenvalue weighted by molar-refractivity contribution is 0.312. The third-order valence-electron chi connectivity index (χ3n) is 4.24. The second-order valence-electron chi connectivity index (χ2n) is 5.86. The zero-order valence-corrected chi connectivity index (χ0v) is 13.4. The quantitative estimate of drug-likeness (QED) is 0.680. The molecule has 2 rings (SSSR count). The van der Waals surface area contributed by atoms with Crippen LogP contribution in [0.4, 0.5) is 0 Å². The molecule has 0 amide bonds. The van der Waals surface area contributed by atoms with Crippen LogP contribution in [0.5, 0.6) is 0 Å². The molecule has 4 heteroatoms. The van der Waals surface area contributed by atoms with Crippen molar-refractivity contribution < 1.29 is 0 Å². The molecule has 19 heavy (non-hydrogen) atoms. The van der Waals surface area contributed by atoms with E-state index in [2.05, 4.69) is 30.7 Å². The largest absolute Gasteiger partial charge is 0.221 e. The molecule has 1 aliphatic carbocycles. The van der Waals surface area contributed by atoms with Gasteiger partial charge in [0, 0.05) is 11.5 Å². The average molecular weight is 301 g/mol. The van der Waals surface area contributed by atoms with E-state index in [4.69, 9.17) is 23.2 Å². The number of hydrogen-bond acceptors (Lipinski definition) is 2. The number of hydrogen-bond donors (Lipinski definition) is 0. The zero-order valence-electron chi connectivity index (χ0n) is 11.9. The van der Waals surface area contributed by atoms with Gasteiger partial charge in [0.2, 0.25) is 0 Å². The minimum atomic E-state index is 0.255. The predicted octanol–water partition coefficient (Wildman–Crippen LogP) is 5.59. The van der Waals surface area contributed by atoms with Crippen molar-refractivity contribution in [2.45, 2.75) is 64.7 Å². The Bertz CT molecular complexity index is 415. The molecule has 0 saturated heterocycles. The van der Waals surface area contributed by atoms with Gasteiger partial charge in [0.1, 0.15) is 16.1 Å². The highest BCUT2D eigenvalue weighted by Gasteiger charge is 2.25. The van der Waals surface area contributed by atoms with Crippen LogP contribution in [-0.4, -0.2) is 9.97 Å². The topological polar surface area (TPSA) is 25.8 Å². The van der Waals surface area contributed by atoms with Crippen LogP contribution in [-0.2, 0) is 0 Å². The first-order valence-electron chi connectivity index (χ1n) is 7.25. The van der Waals surface area contributed by atoms with Crippen LogP contribution in [0.25, 0.3) is 0 Å². The molecule has 0 unspecified atom stereocenters. The number of aromatic nitrogens is 2. The van der Waals surface area contributed by atoms with E-state index in [0.29, 0.717) is 16.2 Å². The molecular formula is C15H22Cl2N2. The van der Waals surface area contributed by atoms with E-state index >= 15 is 0 Å². The molecule has 0 bridgehead atoms. The van der Waals surface area contributed by atoms with Gasteiger partial charge in [0.15, 0.2) is 0 Å². The van der Waals surface area contributed by atoms with Crippen LogP contribution in [0, 0.1) is 5.92 Å². The molecule has 0 radical (unpaired) electrons. The minimum Gasteiger partial charge on any atom is -0.221 e. The molecular weight excluding hydrogens is 279 g/mol. The monoisotopic (exact) mass is 300 g/mol. The van der Waals surface area contributed by atoms with Crippen LogP contribution in [0.2, 0.25) is 10.3 Å². The van der Waals surface area contributed by atoms with Crippen molar-refractivity contribution in [3.8, 4) is 0 Å². The highest BCUT2D eigenvalue weighted by Crippen LogP contribution is 2.37. The number of nitrogens with zero attached hydrogens (tertiary/aromatic N) is 2. The second kappa shape index (κ2) is 6.41. The molecule has 1 aromatic heterocycles. The molecule has 0 aromatic carbocycles. The molecule has 0 atom stereocenters. The Kier molecular flexibility index (Phi) is 5.08. The maximum Gasteiger partial charge on any atom is 0.137 e. The summed E-state index contributed by atoms with van der Waals surface area (Å²) in [6.45, 7) is 6.39. The van der Waals surface area contributed by atoms with E-state index in [1.54, 1.807) is 0 Å². The van der Waals surface area contributed by atoms with Crippen molar-refractivity contribution in [3.63, 3.8) is 0 Å². The molecule has 0 spiro atoms. The first kappa shape index (κ1) is 15.1. The fraction of sp³-hybridized carbons (Fsp3) is 0.733. The maximum absolute atomic E-state index is 6.27. The summed E-state index contributed by atoms with van der Waals surface area (Å²) in [5.41, 5.74) is 0.870. The molecule has 1 aliphatic rings. The van der Waals surface area contributed by atoms with Crippen LogP contribution >= 0.6 is 23.2 Å². The van der Waals surface area contributed by atoms with Gasteiger partial charge in [-0.05, 0) is 37.5 Å². The summed E-state index contributed by atoms with van der Waals surface area (Å²) >= 11 is 12.5. The molecule has 1 saturated carbocycles. The third-order valence-corrected chi connectivity index (χ3v) is 4.81. The summed E-state index contributed by atoms with van der Waals surface area (Å²) in [6.07, 6.45) is 6.14. The van der Waals surface area contributed by atoms with E-state index < -0.39 is 0 Å². The highest BCUT2D eigenvalue weighted by atomic mass is 35.5. The Morgan fingerprint density at radius 1 is 1.05 bits per heavy atom. The van der Waals surface area contributed by atoms with Crippen molar-refractivity contribution in [1.29, 1.82) is 0 Å². The molecule has 2 nitrogen and oxygen atoms in total. The van der Waals surface area contributed by atoms with Gasteiger partial charge in [-0.1, -0.05) is 50.4 Å². The van der Waals surface area contributed by atoms with E-state index in [-0.39, 0.29) is 5.92 Å². The van der Waals surface area contributed by atoms with Gasteiger partial charge in [-0.25, -0.2) is 9.97 Å². The molecule has 106 valence electrons. The maximum atomic E-state index is 6.27. The minimum absolute atomic E-state index is 0.255. The molecule has 1 aromatic rings. The molecule has 1 heterocycles. The number of rotatable bonds is 3. The second-order valence-corrected chi connectivity index (χ2v) is 6.57. The summed E-state index contributed by atoms with van der Waals surface area (Å²) < 4.78 is 0. The summed E-state index contributed by atoms with van der Waals surface area (Å²) in [5, 5.41) is 1.06. The Balaban J connectivity index is 2.18. The van der Waals surface area contributed by atoms with E-state index in [1.807, 2.05) is 0 Å². The van der Waals surface area contributed by atoms with Gasteiger partial charge in [-0.2, -0.15) is 0 Å². The van der Waals surface area contributed by atoms with Gasteiger partial charge in [0.05, 0.1) is 0 Å². The smallest absolute Gasteiger partial charge is 0.137 e. The van der Waals surface area contributed by atoms with Gasteiger partial charge in [0.25, 0.3) is 0 Å². The van der Waals surface area contributed by atoms with Crippen LogP contribution < -0.4 is 0 Å². The summed E-state index contributed by atoms with van der Waals surface area (Å²) in [6, 6.07) is 0. The van der Waals surface area contributed by atoms with E-state index in [9.17, 15) is 0 Å². The lowest BCUT2D eigenvalue weighted by Gasteiger charge is -2.27. The standard InChI is InChI=1S/C15H22Cl2N2/c1-4-10-5-7-11(8-6-10)15-18-13(16)12(9(2)3)14(17)19-15/h9-11H,4-8H2,1-3H3. The Morgan fingerprint density at radius 2 is 1.58 bits per heavy atom. The first-order chi connectivity index (χ1) is 9.02. The SMILES string of the molecule is CCC1CCC(c2nc(Cl)c(C(C)C)c(Cl)n2)CC1. The first-order valence-corrected chi connectivity index (χ1v) is 8.01. The van der Waals surface area contributed by atoms with Gasteiger partial charge >= 0.3 is 0 Å². The van der Waals surface area contributed by atoms with Gasteiger partial charge in [-0.15, -0.1) is 0 Å². The van der Waals surface area contributed by atoms with Crippen LogP contribution in [0.15, 0.2) is 0 Å². The highest BCUT2D eigenvalue weighted by molar-refractivity contribution is 6.34. The summed E-state index contributed by atoms with van der Waals surface area (Å²) in [7, 11) is 0. The fourth-order valence-electron chi connectivity index (χ4n) is 2.92. The normalized spacial score (nSPS) is 23.9. The lowest BCUT2D eigenvalue weighted by Crippen LogP contribution is -2.15. The van der Waals surface area contributed by atoms with Crippen molar-refractivity contribution >= 4 is 23.2 Å². The van der Waals surface area contributed by atoms with Gasteiger partial charge in [-0.3, -0.25) is 0 Å². The van der Waals surface area contributed by atoms with Crippen LogP contribution in [0.3, 0.4) is 0 Å². The fourth-order valence-corrected chi connectivity index (χ4v) is 3.76. The van der Waals surface area contributed by atoms with E-state index in [1.165, 1.54) is 19.3 Å². The Labute approximate surface area is 125 Å². The average Bonchev–Trinajstić information content (AvgIpc) is 2.37. The third kappa shape index (κ3) is 3.41. The lowest BCUT2D eigenvalue weighted by atomic mass is 9.80. The van der Waals surface area contributed by atoms with Crippen molar-refractivity contribution in [1.82, 2.24) is 9.97 Å². The molecule has 0 aliphatic heterocycles. The summed E-state index contributed by atoms with van der Waals surface area (Å²) in [4.78, 5) is 9.00. The summed E-state index contributed by atoms with van der Waals surface area (Å²) in [5.74, 6) is 2.40.